The molecule has 0 bridgehead atoms. The highest BCUT2D eigenvalue weighted by atomic mass is 32.1. The molecule has 0 spiro atoms. The topological polar surface area (TPSA) is 50.2 Å². The highest BCUT2D eigenvalue weighted by Gasteiger charge is 2.31. The summed E-state index contributed by atoms with van der Waals surface area (Å²) >= 11 is 1.25. The van der Waals surface area contributed by atoms with E-state index in [0.717, 1.165) is 18.4 Å². The number of rotatable bonds is 3. The van der Waals surface area contributed by atoms with E-state index in [1.54, 1.807) is 13.0 Å². The van der Waals surface area contributed by atoms with Crippen LogP contribution in [-0.2, 0) is 0 Å². The van der Waals surface area contributed by atoms with Gasteiger partial charge in [-0.15, -0.1) is 11.3 Å². The van der Waals surface area contributed by atoms with Crippen molar-refractivity contribution in [2.45, 2.75) is 25.7 Å². The molecule has 3 nitrogen and oxygen atoms in total. The maximum Gasteiger partial charge on any atom is 0.355 e. The van der Waals surface area contributed by atoms with E-state index in [0.29, 0.717) is 16.1 Å². The van der Waals surface area contributed by atoms with Gasteiger partial charge in [0.2, 0.25) is 0 Å². The summed E-state index contributed by atoms with van der Waals surface area (Å²) < 4.78 is 14.3. The maximum atomic E-state index is 14.3. The number of halogens is 1. The van der Waals surface area contributed by atoms with E-state index >= 15 is 0 Å². The molecular weight excluding hydrogens is 265 g/mol. The van der Waals surface area contributed by atoms with Crippen molar-refractivity contribution in [3.63, 3.8) is 0 Å². The Hall–Kier alpha value is -1.75. The minimum Gasteiger partial charge on any atom is -0.476 e. The Labute approximate surface area is 113 Å². The number of nitrogens with zero attached hydrogens (tertiary/aromatic N) is 1. The van der Waals surface area contributed by atoms with E-state index in [-0.39, 0.29) is 17.4 Å². The Morgan fingerprint density at radius 1 is 1.47 bits per heavy atom. The third-order valence-electron chi connectivity index (χ3n) is 3.31. The fraction of sp³-hybridized carbons (Fsp3) is 0.286. The van der Waals surface area contributed by atoms with Crippen LogP contribution >= 0.6 is 11.3 Å². The van der Waals surface area contributed by atoms with Gasteiger partial charge in [0.1, 0.15) is 10.8 Å². The summed E-state index contributed by atoms with van der Waals surface area (Å²) in [6.45, 7) is 1.75. The molecule has 0 aliphatic heterocycles. The van der Waals surface area contributed by atoms with Gasteiger partial charge in [-0.25, -0.2) is 14.2 Å². The van der Waals surface area contributed by atoms with Crippen LogP contribution in [0.15, 0.2) is 17.5 Å². The zero-order valence-corrected chi connectivity index (χ0v) is 11.1. The molecule has 1 aromatic heterocycles. The maximum absolute atomic E-state index is 14.3. The Bertz CT molecular complexity index is 661. The third kappa shape index (κ3) is 2.14. The summed E-state index contributed by atoms with van der Waals surface area (Å²) in [6, 6.07) is 3.56. The zero-order chi connectivity index (χ0) is 13.6. The largest absolute Gasteiger partial charge is 0.476 e. The van der Waals surface area contributed by atoms with Crippen LogP contribution in [0.1, 0.15) is 40.4 Å². The highest BCUT2D eigenvalue weighted by molar-refractivity contribution is 7.13. The molecule has 1 aliphatic rings. The molecule has 1 aliphatic carbocycles. The molecule has 0 unspecified atom stereocenters. The number of benzene rings is 1. The third-order valence-corrected chi connectivity index (χ3v) is 4.19. The summed E-state index contributed by atoms with van der Waals surface area (Å²) in [6.07, 6.45) is 1.98. The predicted octanol–water partition coefficient (Wildman–Crippen LogP) is 3.83. The molecule has 19 heavy (non-hydrogen) atoms. The van der Waals surface area contributed by atoms with Gasteiger partial charge >= 0.3 is 5.97 Å². The molecule has 1 fully saturated rings. The van der Waals surface area contributed by atoms with Crippen LogP contribution in [0.4, 0.5) is 4.39 Å². The van der Waals surface area contributed by atoms with Crippen LogP contribution < -0.4 is 0 Å². The molecule has 1 N–H and O–H groups in total. The second kappa shape index (κ2) is 4.42. The second-order valence-electron chi connectivity index (χ2n) is 4.78. The summed E-state index contributed by atoms with van der Waals surface area (Å²) in [5, 5.41) is 11.0. The van der Waals surface area contributed by atoms with E-state index in [1.807, 2.05) is 6.07 Å². The summed E-state index contributed by atoms with van der Waals surface area (Å²) in [7, 11) is 0. The van der Waals surface area contributed by atoms with Crippen LogP contribution in [-0.4, -0.2) is 16.1 Å². The molecule has 0 atom stereocenters. The number of aromatic carboxylic acids is 1. The van der Waals surface area contributed by atoms with Gasteiger partial charge in [-0.3, -0.25) is 0 Å². The molecule has 1 aromatic carbocycles. The number of aromatic nitrogens is 1. The lowest BCUT2D eigenvalue weighted by molar-refractivity contribution is 0.0691. The molecule has 5 heteroatoms. The van der Waals surface area contributed by atoms with Gasteiger partial charge < -0.3 is 5.11 Å². The standard InChI is InChI=1S/C14H12FNO2S/c1-7-2-5-9(11(12(7)15)8-3-4-8)13-16-10(6-19-13)14(17)18/h2,5-6,8H,3-4H2,1H3,(H,17,18). The summed E-state index contributed by atoms with van der Waals surface area (Å²) in [5.74, 6) is -0.970. The quantitative estimate of drug-likeness (QED) is 0.927. The predicted molar refractivity (Wildman–Crippen MR) is 71.2 cm³/mol. The van der Waals surface area contributed by atoms with Crippen molar-refractivity contribution in [1.82, 2.24) is 4.98 Å². The van der Waals surface area contributed by atoms with Crippen molar-refractivity contribution < 1.29 is 14.3 Å². The fourth-order valence-electron chi connectivity index (χ4n) is 2.16. The molecule has 0 radical (unpaired) electrons. The van der Waals surface area contributed by atoms with Crippen molar-refractivity contribution in [2.75, 3.05) is 0 Å². The first kappa shape index (κ1) is 12.3. The lowest BCUT2D eigenvalue weighted by atomic mass is 10.00. The number of aryl methyl sites for hydroxylation is 1. The van der Waals surface area contributed by atoms with Crippen LogP contribution in [0.5, 0.6) is 0 Å². The Balaban J connectivity index is 2.13. The van der Waals surface area contributed by atoms with Crippen molar-refractivity contribution in [3.8, 4) is 10.6 Å². The van der Waals surface area contributed by atoms with Crippen LogP contribution in [0, 0.1) is 12.7 Å². The van der Waals surface area contributed by atoms with E-state index in [2.05, 4.69) is 4.98 Å². The minimum atomic E-state index is -1.05. The van der Waals surface area contributed by atoms with Crippen LogP contribution in [0.3, 0.4) is 0 Å². The van der Waals surface area contributed by atoms with Gasteiger partial charge in [0.25, 0.3) is 0 Å². The van der Waals surface area contributed by atoms with Crippen molar-refractivity contribution in [1.29, 1.82) is 0 Å². The van der Waals surface area contributed by atoms with Crippen molar-refractivity contribution in [3.05, 3.63) is 40.2 Å². The average molecular weight is 277 g/mol. The highest BCUT2D eigenvalue weighted by Crippen LogP contribution is 2.46. The normalized spacial score (nSPS) is 14.6. The van der Waals surface area contributed by atoms with E-state index in [9.17, 15) is 9.18 Å². The van der Waals surface area contributed by atoms with Crippen molar-refractivity contribution in [2.24, 2.45) is 0 Å². The number of hydrogen-bond donors (Lipinski definition) is 1. The Morgan fingerprint density at radius 2 is 2.21 bits per heavy atom. The van der Waals surface area contributed by atoms with E-state index in [1.165, 1.54) is 16.7 Å². The van der Waals surface area contributed by atoms with Gasteiger partial charge in [-0.05, 0) is 31.2 Å². The summed E-state index contributed by atoms with van der Waals surface area (Å²) in [5.41, 5.74) is 2.08. The van der Waals surface area contributed by atoms with Gasteiger partial charge in [0.05, 0.1) is 0 Å². The molecule has 98 valence electrons. The fourth-order valence-corrected chi connectivity index (χ4v) is 2.99. The number of carboxylic acids is 1. The van der Waals surface area contributed by atoms with Crippen LogP contribution in [0.2, 0.25) is 0 Å². The van der Waals surface area contributed by atoms with Crippen molar-refractivity contribution >= 4 is 17.3 Å². The lowest BCUT2D eigenvalue weighted by Gasteiger charge is -2.09. The summed E-state index contributed by atoms with van der Waals surface area (Å²) in [4.78, 5) is 14.9. The minimum absolute atomic E-state index is 0.0164. The molecule has 2 aromatic rings. The first-order valence-electron chi connectivity index (χ1n) is 6.06. The molecule has 1 saturated carbocycles. The lowest BCUT2D eigenvalue weighted by Crippen LogP contribution is -1.98. The molecule has 0 saturated heterocycles. The first-order chi connectivity index (χ1) is 9.08. The number of thiazole rings is 1. The van der Waals surface area contributed by atoms with E-state index in [4.69, 9.17) is 5.11 Å². The molecule has 0 amide bonds. The van der Waals surface area contributed by atoms with Gasteiger partial charge in [-0.1, -0.05) is 12.1 Å². The van der Waals surface area contributed by atoms with E-state index < -0.39 is 5.97 Å². The SMILES string of the molecule is Cc1ccc(-c2nc(C(=O)O)cs2)c(C2CC2)c1F. The second-order valence-corrected chi connectivity index (χ2v) is 5.63. The molecule has 3 rings (SSSR count). The smallest absolute Gasteiger partial charge is 0.355 e. The number of hydrogen-bond acceptors (Lipinski definition) is 3. The zero-order valence-electron chi connectivity index (χ0n) is 10.3. The Morgan fingerprint density at radius 3 is 2.79 bits per heavy atom. The van der Waals surface area contributed by atoms with Gasteiger partial charge in [-0.2, -0.15) is 0 Å². The van der Waals surface area contributed by atoms with Gasteiger partial charge in [0, 0.05) is 16.5 Å². The molecule has 1 heterocycles. The number of carbonyl (C=O) groups is 1. The number of carboxylic acid groups (broad SMARTS) is 1. The molecular formula is C14H12FNO2S. The first-order valence-corrected chi connectivity index (χ1v) is 6.94. The Kier molecular flexibility index (Phi) is 2.86. The monoisotopic (exact) mass is 277 g/mol. The average Bonchev–Trinajstić information content (AvgIpc) is 3.08. The van der Waals surface area contributed by atoms with Crippen LogP contribution in [0.25, 0.3) is 10.6 Å². The van der Waals surface area contributed by atoms with Gasteiger partial charge in [0.15, 0.2) is 5.69 Å².